The molecule has 0 saturated carbocycles. The molecule has 0 radical (unpaired) electrons. The van der Waals surface area contributed by atoms with Gasteiger partial charge in [-0.1, -0.05) is 23.2 Å². The van der Waals surface area contributed by atoms with Crippen LogP contribution in [-0.4, -0.2) is 51.6 Å². The molecule has 2 fully saturated rings. The maximum Gasteiger partial charge on any atom is 0.294 e. The molecule has 11 heteroatoms. The Morgan fingerprint density at radius 2 is 1.82 bits per heavy atom. The number of thioether (sulfide) groups is 1. The van der Waals surface area contributed by atoms with Gasteiger partial charge in [0, 0.05) is 23.7 Å². The number of imide groups is 1. The van der Waals surface area contributed by atoms with E-state index >= 15 is 0 Å². The molecule has 2 heterocycles. The molecule has 8 nitrogen and oxygen atoms in total. The lowest BCUT2D eigenvalue weighted by Gasteiger charge is -2.27. The van der Waals surface area contributed by atoms with Crippen molar-refractivity contribution < 1.29 is 19.5 Å². The van der Waals surface area contributed by atoms with Crippen molar-refractivity contribution >= 4 is 69.5 Å². The number of aromatic hydroxyl groups is 1. The van der Waals surface area contributed by atoms with E-state index in [0.717, 1.165) is 35.9 Å². The predicted octanol–water partition coefficient (Wildman–Crippen LogP) is 6.16. The number of hydrogen-bond acceptors (Lipinski definition) is 7. The minimum atomic E-state index is -0.570. The normalized spacial score (nSPS) is 17.9. The molecule has 0 aliphatic carbocycles. The smallest absolute Gasteiger partial charge is 0.294 e. The van der Waals surface area contributed by atoms with Crippen molar-refractivity contribution in [3.63, 3.8) is 0 Å². The van der Waals surface area contributed by atoms with Gasteiger partial charge in [-0.25, -0.2) is 0 Å². The molecule has 176 valence electrons. The van der Waals surface area contributed by atoms with Crippen molar-refractivity contribution in [3.05, 3.63) is 56.9 Å². The maximum absolute atomic E-state index is 12.8. The lowest BCUT2D eigenvalue weighted by Crippen LogP contribution is -2.44. The summed E-state index contributed by atoms with van der Waals surface area (Å²) in [5, 5.41) is 18.8. The molecular weight excluding hydrogens is 499 g/mol. The molecule has 1 N–H and O–H groups in total. The van der Waals surface area contributed by atoms with Crippen molar-refractivity contribution in [2.75, 3.05) is 19.6 Å². The number of halogens is 2. The molecule has 3 amide bonds. The summed E-state index contributed by atoms with van der Waals surface area (Å²) in [7, 11) is 0. The number of carbonyl (C=O) groups is 3. The number of phenolic OH excluding ortho intramolecular Hbond substituents is 1. The van der Waals surface area contributed by atoms with Crippen molar-refractivity contribution in [3.8, 4) is 5.75 Å². The molecule has 2 aromatic rings. The van der Waals surface area contributed by atoms with E-state index in [9.17, 15) is 19.5 Å². The molecule has 0 unspecified atom stereocenters. The average molecular weight is 519 g/mol. The van der Waals surface area contributed by atoms with E-state index in [0.29, 0.717) is 34.5 Å². The third-order valence-corrected chi connectivity index (χ3v) is 6.80. The van der Waals surface area contributed by atoms with Crippen molar-refractivity contribution in [1.29, 1.82) is 0 Å². The van der Waals surface area contributed by atoms with E-state index in [2.05, 4.69) is 10.2 Å². The summed E-state index contributed by atoms with van der Waals surface area (Å²) in [4.78, 5) is 40.5. The van der Waals surface area contributed by atoms with Gasteiger partial charge >= 0.3 is 0 Å². The molecule has 2 aliphatic heterocycles. The first kappa shape index (κ1) is 24.3. The minimum absolute atomic E-state index is 0.0975. The van der Waals surface area contributed by atoms with Gasteiger partial charge in [-0.05, 0) is 73.5 Å². The summed E-state index contributed by atoms with van der Waals surface area (Å²) in [6.07, 6.45) is 4.32. The molecule has 0 atom stereocenters. The second-order valence-corrected chi connectivity index (χ2v) is 9.58. The number of benzene rings is 2. The van der Waals surface area contributed by atoms with Gasteiger partial charge in [0.1, 0.15) is 18.0 Å². The lowest BCUT2D eigenvalue weighted by molar-refractivity contribution is -0.136. The minimum Gasteiger partial charge on any atom is -0.507 e. The summed E-state index contributed by atoms with van der Waals surface area (Å²) in [6.45, 7) is 0.993. The zero-order valence-corrected chi connectivity index (χ0v) is 20.2. The van der Waals surface area contributed by atoms with Gasteiger partial charge in [-0.3, -0.25) is 19.3 Å². The van der Waals surface area contributed by atoms with Crippen LogP contribution >= 0.6 is 35.0 Å². The second kappa shape index (κ2) is 10.6. The zero-order chi connectivity index (χ0) is 24.2. The highest BCUT2D eigenvalue weighted by Gasteiger charge is 2.37. The Hall–Kier alpha value is -2.88. The fourth-order valence-corrected chi connectivity index (χ4v) is 4.83. The van der Waals surface area contributed by atoms with Gasteiger partial charge in [0.2, 0.25) is 5.91 Å². The van der Waals surface area contributed by atoms with Gasteiger partial charge in [0.25, 0.3) is 11.1 Å². The SMILES string of the molecule is O=C(CN1C(=O)S/C(=C\c2cc(N=Nc3ccc(Cl)cc3Cl)ccc2O)C1=O)N1CCCCC1. The first-order valence-corrected chi connectivity index (χ1v) is 12.1. The van der Waals surface area contributed by atoms with Crippen LogP contribution in [0.4, 0.5) is 16.2 Å². The topological polar surface area (TPSA) is 103 Å². The first-order valence-electron chi connectivity index (χ1n) is 10.5. The van der Waals surface area contributed by atoms with Crippen LogP contribution in [0.1, 0.15) is 24.8 Å². The van der Waals surface area contributed by atoms with E-state index in [1.54, 1.807) is 29.2 Å². The molecule has 2 aliphatic rings. The highest BCUT2D eigenvalue weighted by atomic mass is 35.5. The van der Waals surface area contributed by atoms with Crippen LogP contribution in [0.15, 0.2) is 51.5 Å². The van der Waals surface area contributed by atoms with Crippen LogP contribution in [-0.2, 0) is 9.59 Å². The summed E-state index contributed by atoms with van der Waals surface area (Å²) in [5.74, 6) is -0.909. The average Bonchev–Trinajstić information content (AvgIpc) is 3.08. The molecule has 4 rings (SSSR count). The van der Waals surface area contributed by atoms with Crippen molar-refractivity contribution in [1.82, 2.24) is 9.80 Å². The number of amides is 3. The van der Waals surface area contributed by atoms with E-state index in [4.69, 9.17) is 23.2 Å². The van der Waals surface area contributed by atoms with Crippen molar-refractivity contribution in [2.24, 2.45) is 10.2 Å². The highest BCUT2D eigenvalue weighted by Crippen LogP contribution is 2.35. The molecular formula is C23H20Cl2N4O4S. The summed E-state index contributed by atoms with van der Waals surface area (Å²) >= 11 is 12.7. The van der Waals surface area contributed by atoms with E-state index < -0.39 is 11.1 Å². The van der Waals surface area contributed by atoms with Gasteiger partial charge in [-0.15, -0.1) is 5.11 Å². The van der Waals surface area contributed by atoms with Crippen LogP contribution < -0.4 is 0 Å². The van der Waals surface area contributed by atoms with Crippen LogP contribution in [0.5, 0.6) is 5.75 Å². The van der Waals surface area contributed by atoms with Crippen LogP contribution in [0, 0.1) is 0 Å². The molecule has 2 aromatic carbocycles. The number of piperidine rings is 1. The third kappa shape index (κ3) is 5.60. The first-order chi connectivity index (χ1) is 16.3. The molecule has 0 spiro atoms. The van der Waals surface area contributed by atoms with Gasteiger partial charge in [-0.2, -0.15) is 5.11 Å². The predicted molar refractivity (Wildman–Crippen MR) is 132 cm³/mol. The van der Waals surface area contributed by atoms with E-state index in [-0.39, 0.29) is 28.7 Å². The van der Waals surface area contributed by atoms with Crippen LogP contribution in [0.25, 0.3) is 6.08 Å². The standard InChI is InChI=1S/C23H20Cl2N4O4S/c24-15-4-6-18(17(25)12-15)27-26-16-5-7-19(30)14(10-16)11-20-22(32)29(23(33)34-20)13-21(31)28-8-2-1-3-9-28/h4-7,10-12,30H,1-3,8-9,13H2/b20-11-,27-26?. The number of nitrogens with zero attached hydrogens (tertiary/aromatic N) is 4. The molecule has 34 heavy (non-hydrogen) atoms. The summed E-state index contributed by atoms with van der Waals surface area (Å²) in [5.41, 5.74) is 1.10. The molecule has 0 bridgehead atoms. The fraction of sp³-hybridized carbons (Fsp3) is 0.261. The molecule has 2 saturated heterocycles. The van der Waals surface area contributed by atoms with Crippen LogP contribution in [0.3, 0.4) is 0 Å². The van der Waals surface area contributed by atoms with Crippen molar-refractivity contribution in [2.45, 2.75) is 19.3 Å². The van der Waals surface area contributed by atoms with E-state index in [1.165, 1.54) is 18.2 Å². The Kier molecular flexibility index (Phi) is 7.55. The summed E-state index contributed by atoms with van der Waals surface area (Å²) in [6, 6.07) is 9.28. The van der Waals surface area contributed by atoms with Crippen LogP contribution in [0.2, 0.25) is 10.0 Å². The number of hydrogen-bond donors (Lipinski definition) is 1. The fourth-order valence-electron chi connectivity index (χ4n) is 3.55. The number of carbonyl (C=O) groups excluding carboxylic acids is 3. The van der Waals surface area contributed by atoms with Gasteiger partial charge in [0.15, 0.2) is 0 Å². The number of phenols is 1. The third-order valence-electron chi connectivity index (χ3n) is 5.36. The zero-order valence-electron chi connectivity index (χ0n) is 17.9. The Bertz CT molecular complexity index is 1210. The number of azo groups is 1. The lowest BCUT2D eigenvalue weighted by atomic mass is 10.1. The number of likely N-dealkylation sites (tertiary alicyclic amines) is 1. The Morgan fingerprint density at radius 3 is 2.56 bits per heavy atom. The Balaban J connectivity index is 1.50. The van der Waals surface area contributed by atoms with E-state index in [1.807, 2.05) is 0 Å². The maximum atomic E-state index is 12.8. The summed E-state index contributed by atoms with van der Waals surface area (Å²) < 4.78 is 0. The number of rotatable bonds is 5. The Labute approximate surface area is 210 Å². The Morgan fingerprint density at radius 1 is 1.06 bits per heavy atom. The van der Waals surface area contributed by atoms with Gasteiger partial charge < -0.3 is 10.0 Å². The second-order valence-electron chi connectivity index (χ2n) is 7.75. The quantitative estimate of drug-likeness (QED) is 0.376. The van der Waals surface area contributed by atoms with Gasteiger partial charge in [0.05, 0.1) is 15.6 Å². The molecule has 0 aromatic heterocycles. The monoisotopic (exact) mass is 518 g/mol. The highest BCUT2D eigenvalue weighted by molar-refractivity contribution is 8.18. The largest absolute Gasteiger partial charge is 0.507 e.